The quantitative estimate of drug-likeness (QED) is 0.572. The average molecular weight is 132 g/mol. The number of hydrogen-bond donors (Lipinski definition) is 0. The molecule has 0 saturated carbocycles. The van der Waals surface area contributed by atoms with Crippen molar-refractivity contribution in [2.75, 3.05) is 0 Å². The highest BCUT2D eigenvalue weighted by Gasteiger charge is 2.09. The highest BCUT2D eigenvalue weighted by atomic mass is 19.1. The van der Waals surface area contributed by atoms with E-state index < -0.39 is 6.17 Å². The van der Waals surface area contributed by atoms with E-state index >= 15 is 0 Å². The second-order valence-corrected chi connectivity index (χ2v) is 2.22. The van der Waals surface area contributed by atoms with Crippen LogP contribution in [0.2, 0.25) is 0 Å². The fourth-order valence-corrected chi connectivity index (χ4v) is 0.587. The van der Waals surface area contributed by atoms with E-state index in [4.69, 9.17) is 0 Å². The van der Waals surface area contributed by atoms with Crippen LogP contribution in [0.4, 0.5) is 4.39 Å². The maximum absolute atomic E-state index is 12.4. The van der Waals surface area contributed by atoms with E-state index in [0.717, 1.165) is 12.8 Å². The van der Waals surface area contributed by atoms with Crippen LogP contribution >= 0.6 is 0 Å². The molecule has 1 unspecified atom stereocenters. The third-order valence-electron chi connectivity index (χ3n) is 1.25. The van der Waals surface area contributed by atoms with Gasteiger partial charge in [0.1, 0.15) is 0 Å². The molecule has 0 N–H and O–H groups in total. The molecule has 0 aromatic carbocycles. The van der Waals surface area contributed by atoms with Crippen molar-refractivity contribution in [3.8, 4) is 0 Å². The lowest BCUT2D eigenvalue weighted by Gasteiger charge is -1.99. The first-order chi connectivity index (χ1) is 4.18. The Balaban J connectivity index is 3.27. The zero-order valence-corrected chi connectivity index (χ0v) is 5.98. The summed E-state index contributed by atoms with van der Waals surface area (Å²) in [7, 11) is 0. The van der Waals surface area contributed by atoms with Gasteiger partial charge in [0.05, 0.1) is 0 Å². The van der Waals surface area contributed by atoms with Crippen LogP contribution in [0, 0.1) is 0 Å². The van der Waals surface area contributed by atoms with Crippen molar-refractivity contribution in [2.24, 2.45) is 0 Å². The van der Waals surface area contributed by atoms with Crippen LogP contribution in [-0.2, 0) is 4.79 Å². The molecule has 0 bridgehead atoms. The predicted molar refractivity (Wildman–Crippen MR) is 35.1 cm³/mol. The Morgan fingerprint density at radius 2 is 2.22 bits per heavy atom. The molecule has 54 valence electrons. The molecule has 0 saturated heterocycles. The maximum atomic E-state index is 12.4. The number of alkyl halides is 1. The zero-order valence-electron chi connectivity index (χ0n) is 5.98. The van der Waals surface area contributed by atoms with Crippen LogP contribution in [0.25, 0.3) is 0 Å². The molecule has 9 heavy (non-hydrogen) atoms. The lowest BCUT2D eigenvalue weighted by Crippen LogP contribution is -2.10. The molecule has 0 aromatic heterocycles. The minimum absolute atomic E-state index is 0.344. The minimum Gasteiger partial charge on any atom is -0.297 e. The van der Waals surface area contributed by atoms with Crippen LogP contribution < -0.4 is 0 Å². The normalized spacial score (nSPS) is 13.2. The highest BCUT2D eigenvalue weighted by molar-refractivity contribution is 5.80. The van der Waals surface area contributed by atoms with Gasteiger partial charge < -0.3 is 0 Å². The molecule has 2 heteroatoms. The standard InChI is InChI=1S/C7H13FO/c1-3-4-5-7(8)6(2)9/h7H,3-5H2,1-2H3. The van der Waals surface area contributed by atoms with E-state index in [9.17, 15) is 9.18 Å². The zero-order chi connectivity index (χ0) is 7.28. The van der Waals surface area contributed by atoms with Gasteiger partial charge in [-0.2, -0.15) is 0 Å². The number of carbonyl (C=O) groups excluding carboxylic acids is 1. The summed E-state index contributed by atoms with van der Waals surface area (Å²) in [5.41, 5.74) is 0. The van der Waals surface area contributed by atoms with Crippen LogP contribution in [0.1, 0.15) is 33.1 Å². The van der Waals surface area contributed by atoms with Gasteiger partial charge in [-0.3, -0.25) is 4.79 Å². The smallest absolute Gasteiger partial charge is 0.163 e. The highest BCUT2D eigenvalue weighted by Crippen LogP contribution is 2.04. The van der Waals surface area contributed by atoms with Gasteiger partial charge in [0.15, 0.2) is 12.0 Å². The Hall–Kier alpha value is -0.400. The molecular formula is C7H13FO. The van der Waals surface area contributed by atoms with Crippen molar-refractivity contribution in [1.29, 1.82) is 0 Å². The number of halogens is 1. The van der Waals surface area contributed by atoms with Crippen molar-refractivity contribution in [3.63, 3.8) is 0 Å². The van der Waals surface area contributed by atoms with Crippen molar-refractivity contribution in [2.45, 2.75) is 39.3 Å². The summed E-state index contributed by atoms with van der Waals surface area (Å²) in [4.78, 5) is 10.3. The van der Waals surface area contributed by atoms with Gasteiger partial charge in [-0.15, -0.1) is 0 Å². The van der Waals surface area contributed by atoms with Gasteiger partial charge in [0.2, 0.25) is 0 Å². The van der Waals surface area contributed by atoms with Gasteiger partial charge in [0.25, 0.3) is 0 Å². The van der Waals surface area contributed by atoms with Crippen LogP contribution in [-0.4, -0.2) is 12.0 Å². The Kier molecular flexibility index (Phi) is 4.28. The van der Waals surface area contributed by atoms with Crippen molar-refractivity contribution in [3.05, 3.63) is 0 Å². The fraction of sp³-hybridized carbons (Fsp3) is 0.857. The van der Waals surface area contributed by atoms with E-state index in [1.54, 1.807) is 0 Å². The predicted octanol–water partition coefficient (Wildman–Crippen LogP) is 2.10. The van der Waals surface area contributed by atoms with Gasteiger partial charge in [0, 0.05) is 0 Å². The molecule has 0 aliphatic rings. The van der Waals surface area contributed by atoms with E-state index in [2.05, 4.69) is 0 Å². The summed E-state index contributed by atoms with van der Waals surface area (Å²) in [5, 5.41) is 0. The molecule has 0 spiro atoms. The summed E-state index contributed by atoms with van der Waals surface area (Å²) in [6.45, 7) is 3.27. The number of ketones is 1. The molecular weight excluding hydrogens is 119 g/mol. The van der Waals surface area contributed by atoms with E-state index in [0.29, 0.717) is 6.42 Å². The number of rotatable bonds is 4. The van der Waals surface area contributed by atoms with Crippen LogP contribution in [0.3, 0.4) is 0 Å². The molecule has 1 atom stereocenters. The molecule has 0 aliphatic carbocycles. The van der Waals surface area contributed by atoms with Crippen molar-refractivity contribution < 1.29 is 9.18 Å². The molecule has 0 heterocycles. The Morgan fingerprint density at radius 3 is 2.56 bits per heavy atom. The molecule has 0 amide bonds. The third kappa shape index (κ3) is 4.13. The van der Waals surface area contributed by atoms with Crippen molar-refractivity contribution in [1.82, 2.24) is 0 Å². The van der Waals surface area contributed by atoms with Gasteiger partial charge >= 0.3 is 0 Å². The summed E-state index contributed by atoms with van der Waals surface area (Å²) in [6.07, 6.45) is 0.935. The summed E-state index contributed by atoms with van der Waals surface area (Å²) >= 11 is 0. The van der Waals surface area contributed by atoms with Crippen molar-refractivity contribution >= 4 is 5.78 Å². The lowest BCUT2D eigenvalue weighted by atomic mass is 10.1. The Bertz CT molecular complexity index is 90.9. The second-order valence-electron chi connectivity index (χ2n) is 2.22. The fourth-order valence-electron chi connectivity index (χ4n) is 0.587. The summed E-state index contributed by atoms with van der Waals surface area (Å²) in [5.74, 6) is -0.344. The van der Waals surface area contributed by atoms with Gasteiger partial charge in [-0.1, -0.05) is 19.8 Å². The molecule has 0 aromatic rings. The Labute approximate surface area is 55.3 Å². The SMILES string of the molecule is CCCCC(F)C(C)=O. The largest absolute Gasteiger partial charge is 0.297 e. The summed E-state index contributed by atoms with van der Waals surface area (Å²) in [6, 6.07) is 0. The first-order valence-corrected chi connectivity index (χ1v) is 3.33. The van der Waals surface area contributed by atoms with Gasteiger partial charge in [-0.25, -0.2) is 4.39 Å². The monoisotopic (exact) mass is 132 g/mol. The second kappa shape index (κ2) is 4.48. The molecule has 0 aliphatic heterocycles. The Morgan fingerprint density at radius 1 is 1.67 bits per heavy atom. The van der Waals surface area contributed by atoms with E-state index in [1.165, 1.54) is 6.92 Å². The van der Waals surface area contributed by atoms with E-state index in [-0.39, 0.29) is 5.78 Å². The lowest BCUT2D eigenvalue weighted by molar-refractivity contribution is -0.121. The van der Waals surface area contributed by atoms with Gasteiger partial charge in [-0.05, 0) is 13.3 Å². The number of Topliss-reactive ketones (excluding diaryl/α,β-unsaturated/α-hetero) is 1. The first kappa shape index (κ1) is 8.60. The number of carbonyl (C=O) groups is 1. The molecule has 0 fully saturated rings. The van der Waals surface area contributed by atoms with E-state index in [1.807, 2.05) is 6.92 Å². The average Bonchev–Trinajstić information content (AvgIpc) is 1.82. The van der Waals surface area contributed by atoms with Crippen LogP contribution in [0.5, 0.6) is 0 Å². The summed E-state index contributed by atoms with van der Waals surface area (Å²) < 4.78 is 12.4. The number of unbranched alkanes of at least 4 members (excludes halogenated alkanes) is 1. The molecule has 0 rings (SSSR count). The topological polar surface area (TPSA) is 17.1 Å². The minimum atomic E-state index is -1.22. The van der Waals surface area contributed by atoms with Crippen LogP contribution in [0.15, 0.2) is 0 Å². The first-order valence-electron chi connectivity index (χ1n) is 3.33. The third-order valence-corrected chi connectivity index (χ3v) is 1.25. The molecule has 0 radical (unpaired) electrons. The number of hydrogen-bond acceptors (Lipinski definition) is 1. The maximum Gasteiger partial charge on any atom is 0.163 e. The molecule has 1 nitrogen and oxygen atoms in total.